The Labute approximate surface area is 194 Å². The first-order valence-electron chi connectivity index (χ1n) is 11.0. The monoisotopic (exact) mass is 467 g/mol. The van der Waals surface area contributed by atoms with Gasteiger partial charge < -0.3 is 19.1 Å². The molecule has 0 amide bonds. The van der Waals surface area contributed by atoms with Crippen molar-refractivity contribution >= 4 is 10.0 Å². The maximum absolute atomic E-state index is 13.1. The van der Waals surface area contributed by atoms with Crippen molar-refractivity contribution < 1.29 is 27.5 Å². The summed E-state index contributed by atoms with van der Waals surface area (Å²) in [5.74, 6) is 2.93. The SMILES string of the molecule is Cc1ccccc1Oc1ccc(S(=O)(=O)N2CC[NH+](Cc3ccc4c(c3)OCO4)CC2)cc1. The third-order valence-electron chi connectivity index (χ3n) is 6.10. The first-order valence-corrected chi connectivity index (χ1v) is 12.5. The molecule has 1 fully saturated rings. The third kappa shape index (κ3) is 4.68. The van der Waals surface area contributed by atoms with E-state index in [1.807, 2.05) is 49.4 Å². The highest BCUT2D eigenvalue weighted by Crippen LogP contribution is 2.32. The fourth-order valence-corrected chi connectivity index (χ4v) is 5.63. The minimum Gasteiger partial charge on any atom is -0.457 e. The summed E-state index contributed by atoms with van der Waals surface area (Å²) >= 11 is 0. The topological polar surface area (TPSA) is 69.5 Å². The smallest absolute Gasteiger partial charge is 0.243 e. The Morgan fingerprint density at radius 2 is 1.67 bits per heavy atom. The Bertz CT molecular complexity index is 1240. The summed E-state index contributed by atoms with van der Waals surface area (Å²) in [5.41, 5.74) is 2.19. The molecule has 1 N–H and O–H groups in total. The summed E-state index contributed by atoms with van der Waals surface area (Å²) in [6.45, 7) is 5.55. The van der Waals surface area contributed by atoms with Gasteiger partial charge in [0.1, 0.15) is 18.0 Å². The Morgan fingerprint density at radius 1 is 0.939 bits per heavy atom. The molecule has 8 heteroatoms. The van der Waals surface area contributed by atoms with Gasteiger partial charge in [0.05, 0.1) is 31.1 Å². The lowest BCUT2D eigenvalue weighted by Gasteiger charge is -2.31. The standard InChI is InChI=1S/C25H26N2O5S/c1-19-4-2-3-5-23(19)32-21-7-9-22(10-8-21)33(28,29)27-14-12-26(13-15-27)17-20-6-11-24-25(16-20)31-18-30-24/h2-11,16H,12-15,17-18H2,1H3/p+1. The first kappa shape index (κ1) is 21.8. The number of fused-ring (bicyclic) bond motifs is 1. The zero-order valence-corrected chi connectivity index (χ0v) is 19.3. The molecule has 3 aromatic carbocycles. The molecular weight excluding hydrogens is 440 g/mol. The molecule has 0 radical (unpaired) electrons. The van der Waals surface area contributed by atoms with Crippen molar-refractivity contribution in [1.29, 1.82) is 0 Å². The highest BCUT2D eigenvalue weighted by molar-refractivity contribution is 7.89. The molecule has 0 aromatic heterocycles. The number of hydrogen-bond donors (Lipinski definition) is 1. The largest absolute Gasteiger partial charge is 0.457 e. The molecule has 2 aliphatic rings. The molecule has 0 saturated carbocycles. The van der Waals surface area contributed by atoms with Crippen molar-refractivity contribution in [2.75, 3.05) is 33.0 Å². The molecule has 0 unspecified atom stereocenters. The van der Waals surface area contributed by atoms with E-state index >= 15 is 0 Å². The van der Waals surface area contributed by atoms with Crippen molar-refractivity contribution in [1.82, 2.24) is 4.31 Å². The van der Waals surface area contributed by atoms with E-state index in [1.165, 1.54) is 4.90 Å². The molecule has 2 heterocycles. The number of aryl methyl sites for hydroxylation is 1. The highest BCUT2D eigenvalue weighted by Gasteiger charge is 2.30. The number of nitrogens with zero attached hydrogens (tertiary/aromatic N) is 1. The van der Waals surface area contributed by atoms with Crippen LogP contribution in [0.3, 0.4) is 0 Å². The molecular formula is C25H27N2O5S+. The Balaban J connectivity index is 1.20. The van der Waals surface area contributed by atoms with E-state index in [0.717, 1.165) is 48.0 Å². The molecule has 0 atom stereocenters. The molecule has 0 spiro atoms. The third-order valence-corrected chi connectivity index (χ3v) is 8.02. The van der Waals surface area contributed by atoms with E-state index in [-0.39, 0.29) is 6.79 Å². The summed E-state index contributed by atoms with van der Waals surface area (Å²) in [5, 5.41) is 0. The van der Waals surface area contributed by atoms with Gasteiger partial charge in [-0.25, -0.2) is 8.42 Å². The maximum atomic E-state index is 13.1. The number of ether oxygens (including phenoxy) is 3. The van der Waals surface area contributed by atoms with E-state index in [2.05, 4.69) is 0 Å². The molecule has 5 rings (SSSR count). The van der Waals surface area contributed by atoms with Crippen LogP contribution in [0.15, 0.2) is 71.6 Å². The van der Waals surface area contributed by atoms with Crippen LogP contribution in [0, 0.1) is 6.92 Å². The molecule has 3 aromatic rings. The van der Waals surface area contributed by atoms with Gasteiger partial charge in [-0.2, -0.15) is 4.31 Å². The number of nitrogens with one attached hydrogen (secondary N) is 1. The molecule has 33 heavy (non-hydrogen) atoms. The van der Waals surface area contributed by atoms with E-state index in [9.17, 15) is 8.42 Å². The van der Waals surface area contributed by atoms with Crippen LogP contribution in [0.5, 0.6) is 23.0 Å². The van der Waals surface area contributed by atoms with Gasteiger partial charge in [-0.15, -0.1) is 0 Å². The lowest BCUT2D eigenvalue weighted by Crippen LogP contribution is -3.13. The Morgan fingerprint density at radius 3 is 2.42 bits per heavy atom. The van der Waals surface area contributed by atoms with Gasteiger partial charge in [-0.05, 0) is 61.0 Å². The van der Waals surface area contributed by atoms with Crippen LogP contribution < -0.4 is 19.1 Å². The zero-order valence-electron chi connectivity index (χ0n) is 18.5. The number of para-hydroxylation sites is 1. The normalized spacial score (nSPS) is 16.6. The maximum Gasteiger partial charge on any atom is 0.243 e. The van der Waals surface area contributed by atoms with Crippen molar-refractivity contribution in [3.05, 3.63) is 77.9 Å². The molecule has 1 saturated heterocycles. The van der Waals surface area contributed by atoms with Crippen LogP contribution in [0.2, 0.25) is 0 Å². The fourth-order valence-electron chi connectivity index (χ4n) is 4.19. The molecule has 0 bridgehead atoms. The second-order valence-corrected chi connectivity index (χ2v) is 10.3. The molecule has 0 aliphatic carbocycles. The van der Waals surface area contributed by atoms with Gasteiger partial charge in [0.25, 0.3) is 0 Å². The number of sulfonamides is 1. The summed E-state index contributed by atoms with van der Waals surface area (Å²) in [6, 6.07) is 20.4. The lowest BCUT2D eigenvalue weighted by molar-refractivity contribution is -0.917. The Hall–Kier alpha value is -3.07. The van der Waals surface area contributed by atoms with Gasteiger partial charge in [-0.3, -0.25) is 0 Å². The number of piperazine rings is 1. The lowest BCUT2D eigenvalue weighted by atomic mass is 10.2. The van der Waals surface area contributed by atoms with Gasteiger partial charge in [0.2, 0.25) is 16.8 Å². The van der Waals surface area contributed by atoms with Crippen molar-refractivity contribution in [2.45, 2.75) is 18.4 Å². The van der Waals surface area contributed by atoms with Crippen LogP contribution in [0.25, 0.3) is 0 Å². The van der Waals surface area contributed by atoms with Crippen molar-refractivity contribution in [3.63, 3.8) is 0 Å². The summed E-state index contributed by atoms with van der Waals surface area (Å²) in [7, 11) is -3.54. The van der Waals surface area contributed by atoms with Crippen LogP contribution in [-0.2, 0) is 16.6 Å². The predicted molar refractivity (Wildman–Crippen MR) is 123 cm³/mol. The van der Waals surface area contributed by atoms with Gasteiger partial charge in [0, 0.05) is 5.56 Å². The average molecular weight is 468 g/mol. The fraction of sp³-hybridized carbons (Fsp3) is 0.280. The van der Waals surface area contributed by atoms with Crippen LogP contribution in [0.4, 0.5) is 0 Å². The van der Waals surface area contributed by atoms with E-state index in [0.29, 0.717) is 23.7 Å². The zero-order chi connectivity index (χ0) is 22.8. The molecule has 7 nitrogen and oxygen atoms in total. The second-order valence-electron chi connectivity index (χ2n) is 8.36. The summed E-state index contributed by atoms with van der Waals surface area (Å²) < 4.78 is 44.6. The Kier molecular flexibility index (Phi) is 5.97. The minimum absolute atomic E-state index is 0.265. The minimum atomic E-state index is -3.54. The summed E-state index contributed by atoms with van der Waals surface area (Å²) in [6.07, 6.45) is 0. The van der Waals surface area contributed by atoms with Crippen LogP contribution in [0.1, 0.15) is 11.1 Å². The van der Waals surface area contributed by atoms with Crippen LogP contribution >= 0.6 is 0 Å². The van der Waals surface area contributed by atoms with Crippen molar-refractivity contribution in [2.24, 2.45) is 0 Å². The van der Waals surface area contributed by atoms with E-state index in [4.69, 9.17) is 14.2 Å². The molecule has 172 valence electrons. The number of rotatable bonds is 6. The summed E-state index contributed by atoms with van der Waals surface area (Å²) in [4.78, 5) is 1.64. The second kappa shape index (κ2) is 9.05. The van der Waals surface area contributed by atoms with Crippen molar-refractivity contribution in [3.8, 4) is 23.0 Å². The van der Waals surface area contributed by atoms with Gasteiger partial charge in [0.15, 0.2) is 11.5 Å². The molecule has 2 aliphatic heterocycles. The first-order chi connectivity index (χ1) is 16.0. The number of hydrogen-bond acceptors (Lipinski definition) is 5. The van der Waals surface area contributed by atoms with E-state index < -0.39 is 10.0 Å². The number of benzene rings is 3. The number of quaternary nitrogens is 1. The van der Waals surface area contributed by atoms with Gasteiger partial charge >= 0.3 is 0 Å². The highest BCUT2D eigenvalue weighted by atomic mass is 32.2. The van der Waals surface area contributed by atoms with E-state index in [1.54, 1.807) is 28.6 Å². The van der Waals surface area contributed by atoms with Crippen LogP contribution in [-0.4, -0.2) is 45.7 Å². The average Bonchev–Trinajstić information content (AvgIpc) is 3.29. The predicted octanol–water partition coefficient (Wildman–Crippen LogP) is 2.61. The quantitative estimate of drug-likeness (QED) is 0.604. The van der Waals surface area contributed by atoms with Gasteiger partial charge in [-0.1, -0.05) is 18.2 Å².